The second kappa shape index (κ2) is 4.99. The predicted molar refractivity (Wildman–Crippen MR) is 61.3 cm³/mol. The predicted octanol–water partition coefficient (Wildman–Crippen LogP) is 2.66. The maximum Gasteiger partial charge on any atom is 0.0669 e. The van der Waals surface area contributed by atoms with Crippen molar-refractivity contribution in [1.29, 1.82) is 5.26 Å². The van der Waals surface area contributed by atoms with E-state index in [1.807, 2.05) is 0 Å². The first-order chi connectivity index (χ1) is 7.28. The van der Waals surface area contributed by atoms with E-state index in [0.29, 0.717) is 5.92 Å². The molecule has 15 heavy (non-hydrogen) atoms. The zero-order valence-corrected chi connectivity index (χ0v) is 9.78. The summed E-state index contributed by atoms with van der Waals surface area (Å²) in [5.74, 6) is 2.18. The third kappa shape index (κ3) is 2.95. The van der Waals surface area contributed by atoms with Gasteiger partial charge in [-0.15, -0.1) is 0 Å². The lowest BCUT2D eigenvalue weighted by molar-refractivity contribution is 0.208. The van der Waals surface area contributed by atoms with Crippen LogP contribution in [0.3, 0.4) is 0 Å². The van der Waals surface area contributed by atoms with Crippen LogP contribution in [0.4, 0.5) is 0 Å². The molecule has 0 spiro atoms. The van der Waals surface area contributed by atoms with Crippen LogP contribution in [0.25, 0.3) is 0 Å². The monoisotopic (exact) mass is 206 g/mol. The van der Waals surface area contributed by atoms with Crippen molar-refractivity contribution in [3.63, 3.8) is 0 Å². The Morgan fingerprint density at radius 1 is 1.20 bits per heavy atom. The lowest BCUT2D eigenvalue weighted by Crippen LogP contribution is -2.29. The van der Waals surface area contributed by atoms with Gasteiger partial charge in [0.1, 0.15) is 0 Å². The van der Waals surface area contributed by atoms with Crippen LogP contribution < -0.4 is 0 Å². The summed E-state index contributed by atoms with van der Waals surface area (Å²) in [6, 6.07) is 2.40. The van der Waals surface area contributed by atoms with Gasteiger partial charge < -0.3 is 4.90 Å². The molecule has 1 aliphatic carbocycles. The Morgan fingerprint density at radius 3 is 2.53 bits per heavy atom. The Labute approximate surface area is 93.3 Å². The summed E-state index contributed by atoms with van der Waals surface area (Å²) in [5, 5.41) is 8.85. The summed E-state index contributed by atoms with van der Waals surface area (Å²) < 4.78 is 0. The molecule has 0 N–H and O–H groups in total. The standard InChI is InChI=1S/C13H22N2/c1-11-2-4-12(5-3-11)9-15-7-6-13(8-14)10-15/h11-13H,2-7,9-10H2,1H3/t11?,12?,13-/m1/s1. The van der Waals surface area contributed by atoms with Gasteiger partial charge in [0.05, 0.1) is 12.0 Å². The number of hydrogen-bond donors (Lipinski definition) is 0. The van der Waals surface area contributed by atoms with Gasteiger partial charge in [0.15, 0.2) is 0 Å². The van der Waals surface area contributed by atoms with Crippen molar-refractivity contribution in [2.24, 2.45) is 17.8 Å². The minimum absolute atomic E-state index is 0.313. The van der Waals surface area contributed by atoms with Gasteiger partial charge >= 0.3 is 0 Å². The van der Waals surface area contributed by atoms with Gasteiger partial charge in [-0.2, -0.15) is 5.26 Å². The highest BCUT2D eigenvalue weighted by molar-refractivity contribution is 4.91. The van der Waals surface area contributed by atoms with E-state index in [2.05, 4.69) is 17.9 Å². The zero-order valence-electron chi connectivity index (χ0n) is 9.78. The Balaban J connectivity index is 1.72. The summed E-state index contributed by atoms with van der Waals surface area (Å²) in [4.78, 5) is 2.51. The van der Waals surface area contributed by atoms with E-state index in [1.54, 1.807) is 0 Å². The molecule has 0 aromatic carbocycles. The minimum atomic E-state index is 0.313. The summed E-state index contributed by atoms with van der Waals surface area (Å²) in [6.45, 7) is 5.82. The lowest BCUT2D eigenvalue weighted by Gasteiger charge is -2.29. The van der Waals surface area contributed by atoms with E-state index in [4.69, 9.17) is 5.26 Å². The molecule has 2 nitrogen and oxygen atoms in total. The van der Waals surface area contributed by atoms with Gasteiger partial charge in [0.25, 0.3) is 0 Å². The largest absolute Gasteiger partial charge is 0.302 e. The average molecular weight is 206 g/mol. The summed E-state index contributed by atoms with van der Waals surface area (Å²) in [6.07, 6.45) is 6.75. The number of likely N-dealkylation sites (tertiary alicyclic amines) is 1. The molecule has 1 aliphatic heterocycles. The van der Waals surface area contributed by atoms with Crippen molar-refractivity contribution in [3.8, 4) is 6.07 Å². The SMILES string of the molecule is CC1CCC(CN2CC[C@H](C#N)C2)CC1. The smallest absolute Gasteiger partial charge is 0.0669 e. The normalized spacial score (nSPS) is 37.7. The third-order valence-electron chi connectivity index (χ3n) is 4.11. The van der Waals surface area contributed by atoms with Crippen molar-refractivity contribution in [3.05, 3.63) is 0 Å². The van der Waals surface area contributed by atoms with Crippen LogP contribution >= 0.6 is 0 Å². The summed E-state index contributed by atoms with van der Waals surface area (Å²) >= 11 is 0. The Morgan fingerprint density at radius 2 is 1.93 bits per heavy atom. The Kier molecular flexibility index (Phi) is 3.64. The fraction of sp³-hybridized carbons (Fsp3) is 0.923. The fourth-order valence-corrected chi connectivity index (χ4v) is 2.98. The molecule has 2 rings (SSSR count). The topological polar surface area (TPSA) is 27.0 Å². The average Bonchev–Trinajstić information content (AvgIpc) is 2.69. The number of hydrogen-bond acceptors (Lipinski definition) is 2. The lowest BCUT2D eigenvalue weighted by atomic mass is 9.83. The highest BCUT2D eigenvalue weighted by Gasteiger charge is 2.26. The van der Waals surface area contributed by atoms with Crippen LogP contribution in [-0.2, 0) is 0 Å². The van der Waals surface area contributed by atoms with E-state index in [0.717, 1.165) is 31.3 Å². The van der Waals surface area contributed by atoms with Crippen LogP contribution in [-0.4, -0.2) is 24.5 Å². The highest BCUT2D eigenvalue weighted by atomic mass is 15.1. The van der Waals surface area contributed by atoms with Crippen LogP contribution in [0.2, 0.25) is 0 Å². The molecule has 1 saturated carbocycles. The van der Waals surface area contributed by atoms with Gasteiger partial charge in [0, 0.05) is 13.1 Å². The maximum absolute atomic E-state index is 8.85. The molecule has 0 aromatic heterocycles. The first-order valence-corrected chi connectivity index (χ1v) is 6.40. The molecule has 0 aromatic rings. The first kappa shape index (κ1) is 11.0. The second-order valence-electron chi connectivity index (χ2n) is 5.50. The molecule has 1 heterocycles. The quantitative estimate of drug-likeness (QED) is 0.694. The number of nitriles is 1. The molecule has 2 fully saturated rings. The van der Waals surface area contributed by atoms with E-state index < -0.39 is 0 Å². The first-order valence-electron chi connectivity index (χ1n) is 6.40. The highest BCUT2D eigenvalue weighted by Crippen LogP contribution is 2.29. The van der Waals surface area contributed by atoms with Crippen molar-refractivity contribution >= 4 is 0 Å². The van der Waals surface area contributed by atoms with Gasteiger partial charge in [-0.05, 0) is 37.6 Å². The number of nitrogens with zero attached hydrogens (tertiary/aromatic N) is 2. The molecule has 0 unspecified atom stereocenters. The molecule has 0 bridgehead atoms. The van der Waals surface area contributed by atoms with Gasteiger partial charge in [-0.25, -0.2) is 0 Å². The van der Waals surface area contributed by atoms with Crippen LogP contribution in [0.5, 0.6) is 0 Å². The number of rotatable bonds is 2. The Bertz CT molecular complexity index is 235. The van der Waals surface area contributed by atoms with E-state index in [-0.39, 0.29) is 0 Å². The second-order valence-corrected chi connectivity index (χ2v) is 5.50. The fourth-order valence-electron chi connectivity index (χ4n) is 2.98. The van der Waals surface area contributed by atoms with Crippen molar-refractivity contribution in [1.82, 2.24) is 4.90 Å². The molecule has 2 aliphatic rings. The van der Waals surface area contributed by atoms with Crippen LogP contribution in [0.1, 0.15) is 39.0 Å². The third-order valence-corrected chi connectivity index (χ3v) is 4.11. The zero-order chi connectivity index (χ0) is 10.7. The van der Waals surface area contributed by atoms with E-state index in [9.17, 15) is 0 Å². The van der Waals surface area contributed by atoms with Gasteiger partial charge in [-0.3, -0.25) is 0 Å². The minimum Gasteiger partial charge on any atom is -0.302 e. The summed E-state index contributed by atoms with van der Waals surface area (Å²) in [7, 11) is 0. The summed E-state index contributed by atoms with van der Waals surface area (Å²) in [5.41, 5.74) is 0. The van der Waals surface area contributed by atoms with Gasteiger partial charge in [0.2, 0.25) is 0 Å². The molecular formula is C13H22N2. The van der Waals surface area contributed by atoms with E-state index >= 15 is 0 Å². The van der Waals surface area contributed by atoms with Crippen molar-refractivity contribution in [2.75, 3.05) is 19.6 Å². The molecular weight excluding hydrogens is 184 g/mol. The van der Waals surface area contributed by atoms with Crippen molar-refractivity contribution < 1.29 is 0 Å². The molecule has 84 valence electrons. The Hall–Kier alpha value is -0.550. The molecule has 0 radical (unpaired) electrons. The van der Waals surface area contributed by atoms with Crippen molar-refractivity contribution in [2.45, 2.75) is 39.0 Å². The van der Waals surface area contributed by atoms with Crippen LogP contribution in [0, 0.1) is 29.1 Å². The maximum atomic E-state index is 8.85. The van der Waals surface area contributed by atoms with Gasteiger partial charge in [-0.1, -0.05) is 19.8 Å². The molecule has 0 amide bonds. The van der Waals surface area contributed by atoms with Crippen LogP contribution in [0.15, 0.2) is 0 Å². The molecule has 2 heteroatoms. The molecule has 1 atom stereocenters. The van der Waals surface area contributed by atoms with E-state index in [1.165, 1.54) is 32.2 Å². The molecule has 1 saturated heterocycles.